The van der Waals surface area contributed by atoms with Gasteiger partial charge in [0.2, 0.25) is 15.8 Å². The van der Waals surface area contributed by atoms with Crippen LogP contribution in [-0.4, -0.2) is 77.0 Å². The summed E-state index contributed by atoms with van der Waals surface area (Å²) in [5.41, 5.74) is 5.32. The van der Waals surface area contributed by atoms with Crippen molar-refractivity contribution in [2.45, 2.75) is 91.9 Å². The van der Waals surface area contributed by atoms with Gasteiger partial charge in [-0.1, -0.05) is 55.4 Å². The summed E-state index contributed by atoms with van der Waals surface area (Å²) in [6.45, 7) is 20.3. The SMILES string of the molecule is CC1(C)CCN2CCC(C)(C)C3=C2C1=C/C(=C1\C(=O)C(c2cc4c5c(c2NS(C)(=O)=O)C(C)(C)CCN5CCC4(C)C)=C1O)C3=NS(C)(=O)=O. The molecule has 0 atom stereocenters. The molecule has 2 aliphatic carbocycles. The Bertz CT molecular complexity index is 2180. The number of carbonyl (C=O) groups excluding carboxylic acids is 1. The summed E-state index contributed by atoms with van der Waals surface area (Å²) in [6.07, 6.45) is 7.32. The summed E-state index contributed by atoms with van der Waals surface area (Å²) in [5, 5.41) is 12.1. The molecule has 0 aromatic heterocycles. The van der Waals surface area contributed by atoms with Crippen LogP contribution in [0.2, 0.25) is 0 Å². The van der Waals surface area contributed by atoms with Crippen molar-refractivity contribution in [3.63, 3.8) is 0 Å². The highest BCUT2D eigenvalue weighted by Crippen LogP contribution is 2.57. The average molecular weight is 723 g/mol. The molecule has 1 aromatic carbocycles. The number of nitrogens with one attached hydrogen (secondary N) is 1. The van der Waals surface area contributed by atoms with Crippen molar-refractivity contribution in [1.29, 1.82) is 0 Å². The fourth-order valence-corrected chi connectivity index (χ4v) is 10.1. The molecule has 1 fully saturated rings. The average Bonchev–Trinajstić information content (AvgIpc) is 2.95. The predicted molar refractivity (Wildman–Crippen MR) is 200 cm³/mol. The third-order valence-electron chi connectivity index (χ3n) is 12.1. The van der Waals surface area contributed by atoms with Gasteiger partial charge in [-0.05, 0) is 70.6 Å². The third kappa shape index (κ3) is 5.30. The smallest absolute Gasteiger partial charge is 0.250 e. The summed E-state index contributed by atoms with van der Waals surface area (Å²) >= 11 is 0. The van der Waals surface area contributed by atoms with Crippen molar-refractivity contribution in [3.8, 4) is 0 Å². The van der Waals surface area contributed by atoms with Gasteiger partial charge in [0.25, 0.3) is 10.0 Å². The van der Waals surface area contributed by atoms with Crippen LogP contribution in [0.1, 0.15) is 97.8 Å². The lowest BCUT2D eigenvalue weighted by Crippen LogP contribution is -2.48. The molecule has 50 heavy (non-hydrogen) atoms. The van der Waals surface area contributed by atoms with Crippen molar-refractivity contribution < 1.29 is 26.7 Å². The van der Waals surface area contributed by atoms with Crippen molar-refractivity contribution >= 4 is 48.5 Å². The molecular weight excluding hydrogens is 673 g/mol. The van der Waals surface area contributed by atoms with E-state index in [1.165, 1.54) is 0 Å². The molecular formula is C38H50N4O6S2. The molecule has 0 spiro atoms. The second-order valence-corrected chi connectivity index (χ2v) is 21.1. The molecule has 270 valence electrons. The number of rotatable bonds is 4. The van der Waals surface area contributed by atoms with E-state index in [0.29, 0.717) is 16.8 Å². The van der Waals surface area contributed by atoms with Crippen LogP contribution < -0.4 is 9.62 Å². The van der Waals surface area contributed by atoms with Crippen LogP contribution in [0.15, 0.2) is 50.3 Å². The number of aliphatic hydroxyl groups is 1. The minimum absolute atomic E-state index is 0.00700. The Kier molecular flexibility index (Phi) is 7.42. The van der Waals surface area contributed by atoms with Gasteiger partial charge < -0.3 is 14.9 Å². The Balaban J connectivity index is 1.55. The zero-order chi connectivity index (χ0) is 36.7. The zero-order valence-corrected chi connectivity index (χ0v) is 32.6. The van der Waals surface area contributed by atoms with Crippen LogP contribution >= 0.6 is 0 Å². The van der Waals surface area contributed by atoms with Crippen LogP contribution in [0.3, 0.4) is 0 Å². The number of aliphatic hydroxyl groups excluding tert-OH is 1. The second-order valence-electron chi connectivity index (χ2n) is 17.8. The largest absolute Gasteiger partial charge is 0.506 e. The predicted octanol–water partition coefficient (Wildman–Crippen LogP) is 6.13. The first kappa shape index (κ1) is 35.0. The lowest BCUT2D eigenvalue weighted by Gasteiger charge is -2.52. The number of sulfonamides is 2. The zero-order valence-electron chi connectivity index (χ0n) is 31.0. The molecule has 0 unspecified atom stereocenters. The molecule has 7 rings (SSSR count). The molecule has 0 bridgehead atoms. The number of anilines is 2. The number of nitrogens with zero attached hydrogens (tertiary/aromatic N) is 3. The Morgan fingerprint density at radius 2 is 1.34 bits per heavy atom. The van der Waals surface area contributed by atoms with Gasteiger partial charge >= 0.3 is 0 Å². The number of carbonyl (C=O) groups is 1. The highest BCUT2D eigenvalue weighted by atomic mass is 32.2. The van der Waals surface area contributed by atoms with E-state index in [0.717, 1.165) is 98.0 Å². The van der Waals surface area contributed by atoms with Gasteiger partial charge in [-0.15, -0.1) is 0 Å². The Morgan fingerprint density at radius 1 is 0.780 bits per heavy atom. The first-order valence-corrected chi connectivity index (χ1v) is 21.3. The molecule has 4 aliphatic heterocycles. The minimum atomic E-state index is -3.92. The summed E-state index contributed by atoms with van der Waals surface area (Å²) in [5.74, 6) is -0.754. The minimum Gasteiger partial charge on any atom is -0.506 e. The summed E-state index contributed by atoms with van der Waals surface area (Å²) in [4.78, 5) is 19.3. The van der Waals surface area contributed by atoms with E-state index < -0.39 is 36.7 Å². The number of hydrogen-bond donors (Lipinski definition) is 2. The van der Waals surface area contributed by atoms with Gasteiger partial charge in [-0.3, -0.25) is 9.52 Å². The van der Waals surface area contributed by atoms with Crippen LogP contribution in [0.4, 0.5) is 11.4 Å². The lowest BCUT2D eigenvalue weighted by atomic mass is 9.62. The van der Waals surface area contributed by atoms with Crippen LogP contribution in [0, 0.1) is 10.8 Å². The molecule has 4 heterocycles. The number of hydrogen-bond acceptors (Lipinski definition) is 8. The van der Waals surface area contributed by atoms with Crippen LogP contribution in [-0.2, 0) is 35.7 Å². The van der Waals surface area contributed by atoms with Crippen molar-refractivity contribution in [2.24, 2.45) is 15.2 Å². The maximum Gasteiger partial charge on any atom is 0.250 e. The molecule has 1 aromatic rings. The summed E-state index contributed by atoms with van der Waals surface area (Å²) in [6, 6.07) is 1.89. The Morgan fingerprint density at radius 3 is 1.92 bits per heavy atom. The van der Waals surface area contributed by atoms with E-state index in [1.807, 2.05) is 12.1 Å². The van der Waals surface area contributed by atoms with E-state index in [-0.39, 0.29) is 33.4 Å². The highest BCUT2D eigenvalue weighted by molar-refractivity contribution is 7.92. The Labute approximate surface area is 297 Å². The van der Waals surface area contributed by atoms with E-state index >= 15 is 0 Å². The highest BCUT2D eigenvalue weighted by Gasteiger charge is 2.50. The number of piperidine rings is 1. The molecule has 2 N–H and O–H groups in total. The van der Waals surface area contributed by atoms with Gasteiger partial charge in [0.05, 0.1) is 35.1 Å². The van der Waals surface area contributed by atoms with Gasteiger partial charge in [-0.2, -0.15) is 4.40 Å². The molecule has 10 nitrogen and oxygen atoms in total. The third-order valence-corrected chi connectivity index (χ3v) is 13.1. The van der Waals surface area contributed by atoms with Crippen molar-refractivity contribution in [1.82, 2.24) is 4.90 Å². The molecule has 1 saturated heterocycles. The maximum absolute atomic E-state index is 14.7. The topological polar surface area (TPSA) is 136 Å². The molecule has 0 saturated carbocycles. The monoisotopic (exact) mass is 722 g/mol. The van der Waals surface area contributed by atoms with Crippen molar-refractivity contribution in [3.05, 3.63) is 62.6 Å². The van der Waals surface area contributed by atoms with Crippen molar-refractivity contribution in [2.75, 3.05) is 48.3 Å². The number of ketones is 1. The van der Waals surface area contributed by atoms with E-state index in [1.54, 1.807) is 0 Å². The number of benzene rings is 1. The molecule has 0 radical (unpaired) electrons. The van der Waals surface area contributed by atoms with Gasteiger partial charge in [0, 0.05) is 59.8 Å². The van der Waals surface area contributed by atoms with Crippen LogP contribution in [0.5, 0.6) is 0 Å². The van der Waals surface area contributed by atoms with Gasteiger partial charge in [-0.25, -0.2) is 16.8 Å². The van der Waals surface area contributed by atoms with E-state index in [4.69, 9.17) is 0 Å². The summed E-state index contributed by atoms with van der Waals surface area (Å²) < 4.78 is 58.9. The van der Waals surface area contributed by atoms with E-state index in [9.17, 15) is 26.7 Å². The lowest BCUT2D eigenvalue weighted by molar-refractivity contribution is -0.111. The van der Waals surface area contributed by atoms with Gasteiger partial charge in [0.15, 0.2) is 0 Å². The Hall–Kier alpha value is -3.38. The maximum atomic E-state index is 14.7. The quantitative estimate of drug-likeness (QED) is 0.355. The van der Waals surface area contributed by atoms with E-state index in [2.05, 4.69) is 74.3 Å². The summed E-state index contributed by atoms with van der Waals surface area (Å²) in [7, 11) is -7.72. The number of Topliss-reactive ketones (excluding diaryl/α,β-unsaturated/α-hetero) is 1. The molecule has 12 heteroatoms. The molecule has 0 amide bonds. The first-order valence-electron chi connectivity index (χ1n) is 17.6. The number of allylic oxidation sites excluding steroid dienone is 6. The fourth-order valence-electron chi connectivity index (χ4n) is 9.01. The first-order chi connectivity index (χ1) is 22.8. The standard InChI is InChI=1S/C38H50N4O6S2/c1-35(2)11-15-41-17-13-37(5,6)27-29(39-49(9,45)46)21(19-23(35)31(27)41)25-33(43)26(34(25)44)22-20-24-32-28(30(22)40-50(10,47)48)38(7,8)14-18-42(32)16-12-36(24,3)4/h19-20,39,43H,11-18H2,1-10H3/b26-22+,40-30?. The fraction of sp³-hybridized carbons (Fsp3) is 0.579. The van der Waals surface area contributed by atoms with Gasteiger partial charge in [0.1, 0.15) is 5.76 Å². The second kappa shape index (κ2) is 10.6. The van der Waals surface area contributed by atoms with Crippen LogP contribution in [0.25, 0.3) is 5.57 Å². The molecule has 6 aliphatic rings. The normalized spacial score (nSPS) is 27.1.